The molecule has 0 radical (unpaired) electrons. The fourth-order valence-electron chi connectivity index (χ4n) is 0.583. The van der Waals surface area contributed by atoms with E-state index in [1.165, 1.54) is 25.7 Å². The summed E-state index contributed by atoms with van der Waals surface area (Å²) in [6.07, 6.45) is 6.40. The summed E-state index contributed by atoms with van der Waals surface area (Å²) in [4.78, 5) is 0. The molecule has 0 bridgehead atoms. The lowest BCUT2D eigenvalue weighted by atomic mass is 10.0. The van der Waals surface area contributed by atoms with E-state index < -0.39 is 0 Å². The van der Waals surface area contributed by atoms with Gasteiger partial charge in [0.25, 0.3) is 0 Å². The summed E-state index contributed by atoms with van der Waals surface area (Å²) in [6, 6.07) is 0. The lowest BCUT2D eigenvalue weighted by Crippen LogP contribution is -1.99. The minimum Gasteiger partial charge on any atom is -0.379 e. The predicted octanol–water partition coefficient (Wildman–Crippen LogP) is 2.99. The van der Waals surface area contributed by atoms with Gasteiger partial charge in [-0.2, -0.15) is 0 Å². The number of ether oxygens (including phenoxy) is 1. The third-order valence-corrected chi connectivity index (χ3v) is 1.50. The molecule has 10 heavy (non-hydrogen) atoms. The number of rotatable bonds is 2. The fourth-order valence-corrected chi connectivity index (χ4v) is 0.583. The highest BCUT2D eigenvalue weighted by Gasteiger charge is 1.95. The molecule has 1 aliphatic carbocycles. The number of hydrogen-bond acceptors (Lipinski definition) is 1. The van der Waals surface area contributed by atoms with Crippen LogP contribution in [0.4, 0.5) is 0 Å². The van der Waals surface area contributed by atoms with Crippen LogP contribution in [0.25, 0.3) is 0 Å². The molecule has 0 amide bonds. The van der Waals surface area contributed by atoms with Crippen LogP contribution in [0.1, 0.15) is 46.5 Å². The second-order valence-corrected chi connectivity index (χ2v) is 2.92. The molecular formula is C9H20O. The van der Waals surface area contributed by atoms with E-state index in [9.17, 15) is 0 Å². The first-order valence-electron chi connectivity index (χ1n) is 4.39. The van der Waals surface area contributed by atoms with Gasteiger partial charge in [0.1, 0.15) is 0 Å². The van der Waals surface area contributed by atoms with Crippen LogP contribution in [0.3, 0.4) is 0 Å². The first-order valence-corrected chi connectivity index (χ1v) is 4.39. The zero-order chi connectivity index (χ0) is 7.82. The van der Waals surface area contributed by atoms with Crippen molar-refractivity contribution >= 4 is 0 Å². The van der Waals surface area contributed by atoms with Gasteiger partial charge in [0.15, 0.2) is 0 Å². The van der Waals surface area contributed by atoms with E-state index in [1.807, 2.05) is 20.8 Å². The molecule has 0 spiro atoms. The zero-order valence-electron chi connectivity index (χ0n) is 7.52. The standard InChI is InChI=1S/C5H12O.C4H8/c1-4-6-5(2)3;1-2-4-3-1/h5H,4H2,1-3H3;1-4H2. The summed E-state index contributed by atoms with van der Waals surface area (Å²) in [5, 5.41) is 0. The Balaban J connectivity index is 0.000000172. The van der Waals surface area contributed by atoms with Crippen molar-refractivity contribution in [1.29, 1.82) is 0 Å². The molecule has 0 N–H and O–H groups in total. The van der Waals surface area contributed by atoms with E-state index in [0.29, 0.717) is 6.10 Å². The van der Waals surface area contributed by atoms with Crippen LogP contribution >= 0.6 is 0 Å². The summed E-state index contributed by atoms with van der Waals surface area (Å²) in [6.45, 7) is 6.89. The molecular weight excluding hydrogens is 124 g/mol. The van der Waals surface area contributed by atoms with Gasteiger partial charge in [0.05, 0.1) is 6.10 Å². The van der Waals surface area contributed by atoms with Crippen molar-refractivity contribution in [2.75, 3.05) is 6.61 Å². The lowest BCUT2D eigenvalue weighted by molar-refractivity contribution is 0.0899. The maximum Gasteiger partial charge on any atom is 0.0518 e. The van der Waals surface area contributed by atoms with Gasteiger partial charge in [0, 0.05) is 6.61 Å². The largest absolute Gasteiger partial charge is 0.379 e. The first-order chi connectivity index (χ1) is 4.77. The van der Waals surface area contributed by atoms with Crippen LogP contribution in [-0.4, -0.2) is 12.7 Å². The van der Waals surface area contributed by atoms with Gasteiger partial charge in [-0.05, 0) is 20.8 Å². The third kappa shape index (κ3) is 7.96. The van der Waals surface area contributed by atoms with Gasteiger partial charge in [-0.1, -0.05) is 25.7 Å². The van der Waals surface area contributed by atoms with E-state index in [2.05, 4.69) is 0 Å². The van der Waals surface area contributed by atoms with Crippen molar-refractivity contribution in [3.8, 4) is 0 Å². The summed E-state index contributed by atoms with van der Waals surface area (Å²) in [5.74, 6) is 0. The monoisotopic (exact) mass is 144 g/mol. The Bertz CT molecular complexity index is 51.7. The van der Waals surface area contributed by atoms with Crippen LogP contribution in [0.5, 0.6) is 0 Å². The molecule has 62 valence electrons. The SMILES string of the molecule is C1CCC1.CCOC(C)C. The molecule has 0 aromatic rings. The molecule has 1 fully saturated rings. The van der Waals surface area contributed by atoms with Crippen LogP contribution in [0.15, 0.2) is 0 Å². The van der Waals surface area contributed by atoms with E-state index >= 15 is 0 Å². The van der Waals surface area contributed by atoms with Gasteiger partial charge >= 0.3 is 0 Å². The van der Waals surface area contributed by atoms with Crippen molar-refractivity contribution in [2.24, 2.45) is 0 Å². The predicted molar refractivity (Wildman–Crippen MR) is 45.2 cm³/mol. The van der Waals surface area contributed by atoms with E-state index in [0.717, 1.165) is 6.61 Å². The average molecular weight is 144 g/mol. The molecule has 1 saturated carbocycles. The molecule has 0 atom stereocenters. The third-order valence-electron chi connectivity index (χ3n) is 1.50. The minimum atomic E-state index is 0.398. The Morgan fingerprint density at radius 3 is 1.50 bits per heavy atom. The molecule has 1 heteroatoms. The summed E-state index contributed by atoms with van der Waals surface area (Å²) < 4.78 is 5.04. The molecule has 0 aromatic heterocycles. The van der Waals surface area contributed by atoms with E-state index in [4.69, 9.17) is 4.74 Å². The molecule has 1 nitrogen and oxygen atoms in total. The molecule has 0 aliphatic heterocycles. The highest BCUT2D eigenvalue weighted by molar-refractivity contribution is 4.50. The summed E-state index contributed by atoms with van der Waals surface area (Å²) >= 11 is 0. The average Bonchev–Trinajstić information content (AvgIpc) is 1.58. The molecule has 0 aromatic carbocycles. The maximum absolute atomic E-state index is 5.04. The van der Waals surface area contributed by atoms with Gasteiger partial charge in [0.2, 0.25) is 0 Å². The Kier molecular flexibility index (Phi) is 7.04. The summed E-state index contributed by atoms with van der Waals surface area (Å²) in [7, 11) is 0. The zero-order valence-corrected chi connectivity index (χ0v) is 7.52. The van der Waals surface area contributed by atoms with Crippen LogP contribution in [-0.2, 0) is 4.74 Å². The minimum absolute atomic E-state index is 0.398. The highest BCUT2D eigenvalue weighted by atomic mass is 16.5. The van der Waals surface area contributed by atoms with E-state index in [-0.39, 0.29) is 0 Å². The second-order valence-electron chi connectivity index (χ2n) is 2.92. The highest BCUT2D eigenvalue weighted by Crippen LogP contribution is 2.15. The molecule has 1 rings (SSSR count). The Labute approximate surface area is 64.8 Å². The molecule has 0 heterocycles. The van der Waals surface area contributed by atoms with Crippen molar-refractivity contribution < 1.29 is 4.74 Å². The van der Waals surface area contributed by atoms with Gasteiger partial charge in [-0.15, -0.1) is 0 Å². The molecule has 0 unspecified atom stereocenters. The Morgan fingerprint density at radius 2 is 1.50 bits per heavy atom. The molecule has 0 saturated heterocycles. The Hall–Kier alpha value is -0.0400. The van der Waals surface area contributed by atoms with Crippen LogP contribution in [0.2, 0.25) is 0 Å². The smallest absolute Gasteiger partial charge is 0.0518 e. The lowest BCUT2D eigenvalue weighted by Gasteiger charge is -2.05. The topological polar surface area (TPSA) is 9.23 Å². The van der Waals surface area contributed by atoms with Crippen molar-refractivity contribution in [2.45, 2.75) is 52.6 Å². The first kappa shape index (κ1) is 9.96. The van der Waals surface area contributed by atoms with Crippen molar-refractivity contribution in [3.05, 3.63) is 0 Å². The van der Waals surface area contributed by atoms with E-state index in [1.54, 1.807) is 0 Å². The van der Waals surface area contributed by atoms with Crippen molar-refractivity contribution in [3.63, 3.8) is 0 Å². The maximum atomic E-state index is 5.04. The van der Waals surface area contributed by atoms with Crippen molar-refractivity contribution in [1.82, 2.24) is 0 Å². The van der Waals surface area contributed by atoms with Gasteiger partial charge in [-0.25, -0.2) is 0 Å². The number of hydrogen-bond donors (Lipinski definition) is 0. The summed E-state index contributed by atoms with van der Waals surface area (Å²) in [5.41, 5.74) is 0. The normalized spacial score (nSPS) is 15.6. The quantitative estimate of drug-likeness (QED) is 0.579. The van der Waals surface area contributed by atoms with Crippen LogP contribution in [0, 0.1) is 0 Å². The molecule has 1 aliphatic rings. The second kappa shape index (κ2) is 7.07. The van der Waals surface area contributed by atoms with Gasteiger partial charge in [-0.3, -0.25) is 0 Å². The van der Waals surface area contributed by atoms with Gasteiger partial charge < -0.3 is 4.74 Å². The van der Waals surface area contributed by atoms with Crippen LogP contribution < -0.4 is 0 Å². The Morgan fingerprint density at radius 1 is 1.10 bits per heavy atom. The fraction of sp³-hybridized carbons (Fsp3) is 1.00.